The van der Waals surface area contributed by atoms with Gasteiger partial charge in [-0.15, -0.1) is 11.8 Å². The van der Waals surface area contributed by atoms with Crippen molar-refractivity contribution in [3.05, 3.63) is 89.2 Å². The zero-order valence-corrected chi connectivity index (χ0v) is 16.4. The molecular formula is C22H23N3OS. The van der Waals surface area contributed by atoms with Gasteiger partial charge in [0.25, 0.3) is 0 Å². The molecule has 5 heteroatoms. The van der Waals surface area contributed by atoms with Gasteiger partial charge < -0.3 is 4.57 Å². The summed E-state index contributed by atoms with van der Waals surface area (Å²) in [6, 6.07) is 22.4. The predicted octanol–water partition coefficient (Wildman–Crippen LogP) is 4.48. The number of hydrogen-bond donors (Lipinski definition) is 1. The molecule has 0 bridgehead atoms. The summed E-state index contributed by atoms with van der Waals surface area (Å²) in [5.41, 5.74) is 8.16. The number of carbonyl (C=O) groups excluding carboxylic acids is 1. The third kappa shape index (κ3) is 5.11. The second kappa shape index (κ2) is 9.24. The van der Waals surface area contributed by atoms with Crippen LogP contribution in [0, 0.1) is 13.8 Å². The number of aromatic nitrogens is 1. The summed E-state index contributed by atoms with van der Waals surface area (Å²) < 4.78 is 2.18. The van der Waals surface area contributed by atoms with E-state index in [-0.39, 0.29) is 5.91 Å². The van der Waals surface area contributed by atoms with Crippen molar-refractivity contribution in [2.45, 2.75) is 19.6 Å². The van der Waals surface area contributed by atoms with Gasteiger partial charge in [-0.2, -0.15) is 5.10 Å². The highest BCUT2D eigenvalue weighted by Crippen LogP contribution is 2.19. The largest absolute Gasteiger partial charge is 0.318 e. The molecule has 1 amide bonds. The lowest BCUT2D eigenvalue weighted by Crippen LogP contribution is -2.19. The Bertz CT molecular complexity index is 917. The summed E-state index contributed by atoms with van der Waals surface area (Å²) in [5.74, 6) is 1.11. The van der Waals surface area contributed by atoms with Crippen LogP contribution >= 0.6 is 11.8 Å². The van der Waals surface area contributed by atoms with Gasteiger partial charge in [0.1, 0.15) is 0 Å². The molecule has 3 aromatic rings. The minimum absolute atomic E-state index is 0.0935. The van der Waals surface area contributed by atoms with E-state index < -0.39 is 0 Å². The van der Waals surface area contributed by atoms with Crippen molar-refractivity contribution in [2.75, 3.05) is 5.75 Å². The minimum atomic E-state index is -0.0935. The first-order valence-electron chi connectivity index (χ1n) is 8.83. The Balaban J connectivity index is 1.54. The Morgan fingerprint density at radius 3 is 2.44 bits per heavy atom. The first-order chi connectivity index (χ1) is 13.1. The van der Waals surface area contributed by atoms with Crippen LogP contribution in [0.4, 0.5) is 0 Å². The van der Waals surface area contributed by atoms with Crippen LogP contribution in [-0.4, -0.2) is 22.4 Å². The van der Waals surface area contributed by atoms with E-state index in [1.807, 2.05) is 36.4 Å². The number of thioether (sulfide) groups is 1. The van der Waals surface area contributed by atoms with E-state index in [1.165, 1.54) is 5.56 Å². The van der Waals surface area contributed by atoms with E-state index in [2.05, 4.69) is 59.3 Å². The van der Waals surface area contributed by atoms with Gasteiger partial charge in [-0.25, -0.2) is 5.43 Å². The van der Waals surface area contributed by atoms with E-state index in [0.29, 0.717) is 5.75 Å². The summed E-state index contributed by atoms with van der Waals surface area (Å²) in [6.07, 6.45) is 1.71. The standard InChI is InChI=1S/C22H23N3OS/c1-17-13-20(18(2)25(17)21-11-7-4-8-12-21)14-23-24-22(26)16-27-15-19-9-5-3-6-10-19/h3-14H,15-16H2,1-2H3,(H,24,26)/b23-14-. The molecule has 0 aliphatic carbocycles. The van der Waals surface area contributed by atoms with Gasteiger partial charge in [0.2, 0.25) is 5.91 Å². The van der Waals surface area contributed by atoms with Gasteiger partial charge in [-0.3, -0.25) is 4.79 Å². The first-order valence-corrected chi connectivity index (χ1v) is 9.98. The summed E-state index contributed by atoms with van der Waals surface area (Å²) in [5, 5.41) is 4.12. The Morgan fingerprint density at radius 1 is 1.07 bits per heavy atom. The second-order valence-corrected chi connectivity index (χ2v) is 7.25. The monoisotopic (exact) mass is 377 g/mol. The predicted molar refractivity (Wildman–Crippen MR) is 114 cm³/mol. The number of rotatable bonds is 7. The summed E-state index contributed by atoms with van der Waals surface area (Å²) in [4.78, 5) is 12.0. The molecular weight excluding hydrogens is 354 g/mol. The highest BCUT2D eigenvalue weighted by molar-refractivity contribution is 7.99. The normalized spacial score (nSPS) is 11.0. The number of hydrogen-bond acceptors (Lipinski definition) is 3. The molecule has 4 nitrogen and oxygen atoms in total. The van der Waals surface area contributed by atoms with Crippen LogP contribution in [0.3, 0.4) is 0 Å². The molecule has 0 unspecified atom stereocenters. The summed E-state index contributed by atoms with van der Waals surface area (Å²) >= 11 is 1.58. The van der Waals surface area contributed by atoms with Crippen LogP contribution in [0.1, 0.15) is 22.5 Å². The fraction of sp³-hybridized carbons (Fsp3) is 0.182. The molecule has 138 valence electrons. The number of benzene rings is 2. The van der Waals surface area contributed by atoms with Crippen LogP contribution in [0.2, 0.25) is 0 Å². The third-order valence-electron chi connectivity index (χ3n) is 4.22. The lowest BCUT2D eigenvalue weighted by Gasteiger charge is -2.08. The van der Waals surface area contributed by atoms with Crippen molar-refractivity contribution < 1.29 is 4.79 Å². The van der Waals surface area contributed by atoms with E-state index in [4.69, 9.17) is 0 Å². The molecule has 27 heavy (non-hydrogen) atoms. The minimum Gasteiger partial charge on any atom is -0.318 e. The van der Waals surface area contributed by atoms with E-state index in [0.717, 1.165) is 28.4 Å². The van der Waals surface area contributed by atoms with E-state index >= 15 is 0 Å². The molecule has 0 aliphatic heterocycles. The number of carbonyl (C=O) groups is 1. The summed E-state index contributed by atoms with van der Waals surface area (Å²) in [6.45, 7) is 4.12. The lowest BCUT2D eigenvalue weighted by molar-refractivity contribution is -0.118. The maximum atomic E-state index is 12.0. The Hall–Kier alpha value is -2.79. The molecule has 0 spiro atoms. The highest BCUT2D eigenvalue weighted by atomic mass is 32.2. The smallest absolute Gasteiger partial charge is 0.250 e. The zero-order valence-electron chi connectivity index (χ0n) is 15.6. The molecule has 0 fully saturated rings. The summed E-state index contributed by atoms with van der Waals surface area (Å²) in [7, 11) is 0. The average molecular weight is 378 g/mol. The van der Waals surface area contributed by atoms with Crippen molar-refractivity contribution in [3.63, 3.8) is 0 Å². The van der Waals surface area contributed by atoms with Gasteiger partial charge in [-0.05, 0) is 37.6 Å². The van der Waals surface area contributed by atoms with Crippen LogP contribution < -0.4 is 5.43 Å². The topological polar surface area (TPSA) is 46.4 Å². The van der Waals surface area contributed by atoms with Crippen molar-refractivity contribution in [1.29, 1.82) is 0 Å². The highest BCUT2D eigenvalue weighted by Gasteiger charge is 2.09. The molecule has 1 N–H and O–H groups in total. The van der Waals surface area contributed by atoms with E-state index in [1.54, 1.807) is 18.0 Å². The van der Waals surface area contributed by atoms with Crippen LogP contribution in [0.5, 0.6) is 0 Å². The van der Waals surface area contributed by atoms with Crippen molar-refractivity contribution in [1.82, 2.24) is 9.99 Å². The fourth-order valence-corrected chi connectivity index (χ4v) is 3.71. The third-order valence-corrected chi connectivity index (χ3v) is 5.23. The molecule has 0 saturated carbocycles. The van der Waals surface area contributed by atoms with Gasteiger partial charge >= 0.3 is 0 Å². The molecule has 1 aromatic heterocycles. The number of para-hydroxylation sites is 1. The van der Waals surface area contributed by atoms with Crippen LogP contribution in [0.15, 0.2) is 71.8 Å². The first kappa shape index (κ1) is 19.0. The van der Waals surface area contributed by atoms with Gasteiger partial charge in [-0.1, -0.05) is 48.5 Å². The molecule has 1 heterocycles. The molecule has 0 atom stereocenters. The van der Waals surface area contributed by atoms with Crippen molar-refractivity contribution in [2.24, 2.45) is 5.10 Å². The van der Waals surface area contributed by atoms with Crippen LogP contribution in [-0.2, 0) is 10.5 Å². The molecule has 3 rings (SSSR count). The molecule has 0 aliphatic rings. The zero-order chi connectivity index (χ0) is 19.1. The molecule has 2 aromatic carbocycles. The van der Waals surface area contributed by atoms with Crippen molar-refractivity contribution in [3.8, 4) is 5.69 Å². The SMILES string of the molecule is Cc1cc(/C=N\NC(=O)CSCc2ccccc2)c(C)n1-c1ccccc1. The fourth-order valence-electron chi connectivity index (χ4n) is 2.93. The van der Waals surface area contributed by atoms with Gasteiger partial charge in [0.05, 0.1) is 12.0 Å². The number of nitrogens with one attached hydrogen (secondary N) is 1. The Labute approximate surface area is 164 Å². The quantitative estimate of drug-likeness (QED) is 0.487. The maximum absolute atomic E-state index is 12.0. The van der Waals surface area contributed by atoms with E-state index in [9.17, 15) is 4.79 Å². The number of amides is 1. The molecule has 0 radical (unpaired) electrons. The number of nitrogens with zero attached hydrogens (tertiary/aromatic N) is 2. The maximum Gasteiger partial charge on any atom is 0.250 e. The Morgan fingerprint density at radius 2 is 1.74 bits per heavy atom. The second-order valence-electron chi connectivity index (χ2n) is 6.27. The number of hydrazone groups is 1. The molecule has 0 saturated heterocycles. The van der Waals surface area contributed by atoms with Gasteiger partial charge in [0.15, 0.2) is 0 Å². The average Bonchev–Trinajstić information content (AvgIpc) is 2.97. The number of aryl methyl sites for hydroxylation is 1. The van der Waals surface area contributed by atoms with Crippen molar-refractivity contribution >= 4 is 23.9 Å². The lowest BCUT2D eigenvalue weighted by atomic mass is 10.2. The van der Waals surface area contributed by atoms with Crippen LogP contribution in [0.25, 0.3) is 5.69 Å². The Kier molecular flexibility index (Phi) is 6.49. The van der Waals surface area contributed by atoms with Gasteiger partial charge in [0, 0.05) is 28.4 Å².